The van der Waals surface area contributed by atoms with Crippen LogP contribution < -0.4 is 15.2 Å². The summed E-state index contributed by atoms with van der Waals surface area (Å²) in [5.41, 5.74) is 10.7. The molecular formula is C17H19N3O2. The third-order valence-electron chi connectivity index (χ3n) is 3.77. The number of imidazole rings is 1. The molecule has 0 radical (unpaired) electrons. The Morgan fingerprint density at radius 3 is 2.64 bits per heavy atom. The lowest BCUT2D eigenvalue weighted by Crippen LogP contribution is -1.95. The standard InChI is InChI=1S/C17H19N3O2/c1-11-6-7-20-10-13(19-17(20)16(11)18)8-12-4-5-14(21-2)15(9-12)22-3/h4-7,9-10H,8,18H2,1-3H3. The van der Waals surface area contributed by atoms with Gasteiger partial charge in [-0.2, -0.15) is 0 Å². The van der Waals surface area contributed by atoms with Gasteiger partial charge in [0.15, 0.2) is 17.1 Å². The molecule has 3 aromatic rings. The minimum absolute atomic E-state index is 0.709. The summed E-state index contributed by atoms with van der Waals surface area (Å²) in [6, 6.07) is 7.88. The van der Waals surface area contributed by atoms with Crippen LogP contribution in [-0.2, 0) is 6.42 Å². The fourth-order valence-electron chi connectivity index (χ4n) is 2.50. The highest BCUT2D eigenvalue weighted by Gasteiger charge is 2.09. The zero-order valence-electron chi connectivity index (χ0n) is 13.0. The van der Waals surface area contributed by atoms with Crippen LogP contribution in [-0.4, -0.2) is 23.6 Å². The first-order valence-corrected chi connectivity index (χ1v) is 7.06. The van der Waals surface area contributed by atoms with Gasteiger partial charge in [0.1, 0.15) is 0 Å². The maximum absolute atomic E-state index is 6.09. The van der Waals surface area contributed by atoms with Crippen molar-refractivity contribution in [1.29, 1.82) is 0 Å². The van der Waals surface area contributed by atoms with E-state index >= 15 is 0 Å². The lowest BCUT2D eigenvalue weighted by Gasteiger charge is -2.08. The largest absolute Gasteiger partial charge is 0.493 e. The Bertz CT molecular complexity index is 824. The van der Waals surface area contributed by atoms with Gasteiger partial charge in [-0.1, -0.05) is 6.07 Å². The van der Waals surface area contributed by atoms with Crippen molar-refractivity contribution in [3.8, 4) is 11.5 Å². The predicted molar refractivity (Wildman–Crippen MR) is 86.7 cm³/mol. The maximum atomic E-state index is 6.09. The first kappa shape index (κ1) is 14.3. The lowest BCUT2D eigenvalue weighted by atomic mass is 10.1. The monoisotopic (exact) mass is 297 g/mol. The van der Waals surface area contributed by atoms with Gasteiger partial charge >= 0.3 is 0 Å². The summed E-state index contributed by atoms with van der Waals surface area (Å²) in [5, 5.41) is 0. The second-order valence-electron chi connectivity index (χ2n) is 5.24. The molecule has 0 amide bonds. The number of nitrogens with zero attached hydrogens (tertiary/aromatic N) is 2. The molecule has 0 fully saturated rings. The third-order valence-corrected chi connectivity index (χ3v) is 3.77. The van der Waals surface area contributed by atoms with Crippen LogP contribution in [0.4, 0.5) is 5.69 Å². The summed E-state index contributed by atoms with van der Waals surface area (Å²) >= 11 is 0. The van der Waals surface area contributed by atoms with Gasteiger partial charge in [0.2, 0.25) is 0 Å². The average molecular weight is 297 g/mol. The van der Waals surface area contributed by atoms with Crippen LogP contribution in [0.1, 0.15) is 16.8 Å². The highest BCUT2D eigenvalue weighted by atomic mass is 16.5. The Morgan fingerprint density at radius 2 is 1.91 bits per heavy atom. The molecule has 22 heavy (non-hydrogen) atoms. The fourth-order valence-corrected chi connectivity index (χ4v) is 2.50. The number of aryl methyl sites for hydroxylation is 1. The predicted octanol–water partition coefficient (Wildman–Crippen LogP) is 2.83. The van der Waals surface area contributed by atoms with Gasteiger partial charge in [0.25, 0.3) is 0 Å². The van der Waals surface area contributed by atoms with E-state index in [4.69, 9.17) is 15.2 Å². The number of ether oxygens (including phenoxy) is 2. The number of nitrogens with two attached hydrogens (primary N) is 1. The number of anilines is 1. The Kier molecular flexibility index (Phi) is 3.63. The number of benzene rings is 1. The van der Waals surface area contributed by atoms with E-state index in [2.05, 4.69) is 4.98 Å². The van der Waals surface area contributed by atoms with E-state index in [1.54, 1.807) is 14.2 Å². The second-order valence-corrected chi connectivity index (χ2v) is 5.24. The number of nitrogen functional groups attached to an aromatic ring is 1. The van der Waals surface area contributed by atoms with Gasteiger partial charge in [-0.3, -0.25) is 0 Å². The van der Waals surface area contributed by atoms with Gasteiger partial charge in [-0.25, -0.2) is 4.98 Å². The molecule has 2 heterocycles. The summed E-state index contributed by atoms with van der Waals surface area (Å²) in [6.45, 7) is 1.98. The normalized spacial score (nSPS) is 10.9. The molecule has 0 aliphatic heterocycles. The number of fused-ring (bicyclic) bond motifs is 1. The summed E-state index contributed by atoms with van der Waals surface area (Å²) in [7, 11) is 3.26. The molecule has 5 heteroatoms. The number of methoxy groups -OCH3 is 2. The molecule has 2 aromatic heterocycles. The smallest absolute Gasteiger partial charge is 0.160 e. The van der Waals surface area contributed by atoms with Crippen LogP contribution in [0.3, 0.4) is 0 Å². The minimum atomic E-state index is 0.709. The van der Waals surface area contributed by atoms with Crippen molar-refractivity contribution in [2.45, 2.75) is 13.3 Å². The van der Waals surface area contributed by atoms with E-state index in [-0.39, 0.29) is 0 Å². The van der Waals surface area contributed by atoms with E-state index in [0.29, 0.717) is 6.42 Å². The van der Waals surface area contributed by atoms with Crippen molar-refractivity contribution in [3.05, 3.63) is 53.5 Å². The van der Waals surface area contributed by atoms with Gasteiger partial charge in [-0.15, -0.1) is 0 Å². The number of aromatic nitrogens is 2. The SMILES string of the molecule is COc1ccc(Cc2cn3ccc(C)c(N)c3n2)cc1OC. The number of pyridine rings is 1. The summed E-state index contributed by atoms with van der Waals surface area (Å²) < 4.78 is 12.6. The molecule has 0 atom stereocenters. The zero-order chi connectivity index (χ0) is 15.7. The lowest BCUT2D eigenvalue weighted by molar-refractivity contribution is 0.354. The Labute approximate surface area is 129 Å². The highest BCUT2D eigenvalue weighted by molar-refractivity contribution is 5.68. The van der Waals surface area contributed by atoms with Crippen molar-refractivity contribution in [3.63, 3.8) is 0 Å². The summed E-state index contributed by atoms with van der Waals surface area (Å²) in [4.78, 5) is 4.63. The van der Waals surface area contributed by atoms with Crippen molar-refractivity contribution in [2.75, 3.05) is 20.0 Å². The van der Waals surface area contributed by atoms with Crippen LogP contribution in [0.15, 0.2) is 36.7 Å². The van der Waals surface area contributed by atoms with Gasteiger partial charge in [0.05, 0.1) is 25.6 Å². The summed E-state index contributed by atoms with van der Waals surface area (Å²) in [5.74, 6) is 1.44. The molecule has 0 aliphatic rings. The number of rotatable bonds is 4. The number of hydrogen-bond acceptors (Lipinski definition) is 4. The molecule has 2 N–H and O–H groups in total. The molecule has 0 bridgehead atoms. The van der Waals surface area contributed by atoms with Crippen LogP contribution in [0, 0.1) is 6.92 Å². The molecular weight excluding hydrogens is 278 g/mol. The number of hydrogen-bond donors (Lipinski definition) is 1. The van der Waals surface area contributed by atoms with Gasteiger partial charge < -0.3 is 19.6 Å². The van der Waals surface area contributed by atoms with Crippen LogP contribution in [0.25, 0.3) is 5.65 Å². The second kappa shape index (κ2) is 5.60. The maximum Gasteiger partial charge on any atom is 0.160 e. The Hall–Kier alpha value is -2.69. The van der Waals surface area contributed by atoms with Gasteiger partial charge in [0, 0.05) is 18.8 Å². The third kappa shape index (κ3) is 2.45. The van der Waals surface area contributed by atoms with E-state index < -0.39 is 0 Å². The van der Waals surface area contributed by atoms with Crippen LogP contribution >= 0.6 is 0 Å². The molecule has 3 rings (SSSR count). The molecule has 0 spiro atoms. The molecule has 114 valence electrons. The minimum Gasteiger partial charge on any atom is -0.493 e. The topological polar surface area (TPSA) is 61.8 Å². The van der Waals surface area contributed by atoms with Crippen molar-refractivity contribution < 1.29 is 9.47 Å². The van der Waals surface area contributed by atoms with Gasteiger partial charge in [-0.05, 0) is 36.2 Å². The Balaban J connectivity index is 1.94. The quantitative estimate of drug-likeness (QED) is 0.804. The molecule has 0 saturated carbocycles. The van der Waals surface area contributed by atoms with E-state index in [1.165, 1.54) is 0 Å². The molecule has 5 nitrogen and oxygen atoms in total. The van der Waals surface area contributed by atoms with Crippen LogP contribution in [0.2, 0.25) is 0 Å². The van der Waals surface area contributed by atoms with Crippen molar-refractivity contribution in [2.24, 2.45) is 0 Å². The van der Waals surface area contributed by atoms with E-state index in [0.717, 1.165) is 39.7 Å². The Morgan fingerprint density at radius 1 is 1.14 bits per heavy atom. The zero-order valence-corrected chi connectivity index (χ0v) is 13.0. The van der Waals surface area contributed by atoms with Crippen molar-refractivity contribution in [1.82, 2.24) is 9.38 Å². The summed E-state index contributed by atoms with van der Waals surface area (Å²) in [6.07, 6.45) is 4.69. The highest BCUT2D eigenvalue weighted by Crippen LogP contribution is 2.28. The van der Waals surface area contributed by atoms with E-state index in [9.17, 15) is 0 Å². The van der Waals surface area contributed by atoms with Crippen LogP contribution in [0.5, 0.6) is 11.5 Å². The first-order chi connectivity index (χ1) is 10.6. The first-order valence-electron chi connectivity index (χ1n) is 7.06. The molecule has 0 unspecified atom stereocenters. The molecule has 0 aliphatic carbocycles. The average Bonchev–Trinajstić information content (AvgIpc) is 2.94. The van der Waals surface area contributed by atoms with Crippen molar-refractivity contribution >= 4 is 11.3 Å². The van der Waals surface area contributed by atoms with E-state index in [1.807, 2.05) is 48.0 Å². The molecule has 0 saturated heterocycles. The molecule has 1 aromatic carbocycles. The fraction of sp³-hybridized carbons (Fsp3) is 0.235.